The van der Waals surface area contributed by atoms with Gasteiger partial charge in [-0.25, -0.2) is 13.1 Å². The van der Waals surface area contributed by atoms with Crippen molar-refractivity contribution in [1.82, 2.24) is 4.72 Å². The lowest BCUT2D eigenvalue weighted by atomic mass is 9.87. The molecule has 1 fully saturated rings. The Morgan fingerprint density at radius 1 is 1.33 bits per heavy atom. The smallest absolute Gasteiger partial charge is 0.240 e. The van der Waals surface area contributed by atoms with Gasteiger partial charge in [-0.05, 0) is 37.8 Å². The number of halogens is 1. The summed E-state index contributed by atoms with van der Waals surface area (Å²) < 4.78 is 33.2. The number of rotatable bonds is 5. The number of ether oxygens (including phenoxy) is 1. The zero-order valence-electron chi connectivity index (χ0n) is 12.4. The molecule has 118 valence electrons. The average molecular weight is 332 g/mol. The molecule has 0 radical (unpaired) electrons. The van der Waals surface area contributed by atoms with Crippen LogP contribution in [0, 0.1) is 5.92 Å². The predicted molar refractivity (Wildman–Crippen MR) is 84.4 cm³/mol. The zero-order valence-corrected chi connectivity index (χ0v) is 14.0. The van der Waals surface area contributed by atoms with Crippen LogP contribution in [-0.4, -0.2) is 21.1 Å². The number of benzene rings is 1. The first kappa shape index (κ1) is 16.6. The minimum absolute atomic E-state index is 0.00923. The van der Waals surface area contributed by atoms with E-state index in [4.69, 9.17) is 16.3 Å². The maximum absolute atomic E-state index is 12.5. The molecule has 0 heterocycles. The Kier molecular flexibility index (Phi) is 5.52. The Balaban J connectivity index is 2.20. The molecule has 0 bridgehead atoms. The van der Waals surface area contributed by atoms with E-state index in [0.29, 0.717) is 23.3 Å². The van der Waals surface area contributed by atoms with Crippen LogP contribution in [0.25, 0.3) is 0 Å². The number of hydrogen-bond acceptors (Lipinski definition) is 3. The van der Waals surface area contributed by atoms with Gasteiger partial charge in [-0.15, -0.1) is 0 Å². The number of hydrogen-bond donors (Lipinski definition) is 1. The van der Waals surface area contributed by atoms with Crippen LogP contribution in [0.2, 0.25) is 5.02 Å². The van der Waals surface area contributed by atoms with E-state index < -0.39 is 10.0 Å². The molecule has 1 aliphatic carbocycles. The van der Waals surface area contributed by atoms with Gasteiger partial charge in [0.1, 0.15) is 5.75 Å². The van der Waals surface area contributed by atoms with Gasteiger partial charge < -0.3 is 4.74 Å². The summed E-state index contributed by atoms with van der Waals surface area (Å²) in [6.07, 6.45) is 4.21. The Morgan fingerprint density at radius 3 is 2.71 bits per heavy atom. The van der Waals surface area contributed by atoms with Gasteiger partial charge in [-0.2, -0.15) is 0 Å². The molecule has 0 aliphatic heterocycles. The highest BCUT2D eigenvalue weighted by Crippen LogP contribution is 2.29. The molecular weight excluding hydrogens is 310 g/mol. The van der Waals surface area contributed by atoms with E-state index in [1.807, 2.05) is 6.92 Å². The average Bonchev–Trinajstić information content (AvgIpc) is 2.44. The van der Waals surface area contributed by atoms with Gasteiger partial charge in [-0.3, -0.25) is 0 Å². The topological polar surface area (TPSA) is 55.4 Å². The van der Waals surface area contributed by atoms with Crippen LogP contribution in [0.3, 0.4) is 0 Å². The first-order chi connectivity index (χ1) is 9.94. The second kappa shape index (κ2) is 6.99. The summed E-state index contributed by atoms with van der Waals surface area (Å²) in [5.41, 5.74) is 0. The summed E-state index contributed by atoms with van der Waals surface area (Å²) in [6, 6.07) is 4.57. The maximum Gasteiger partial charge on any atom is 0.240 e. The van der Waals surface area contributed by atoms with Crippen molar-refractivity contribution < 1.29 is 13.2 Å². The van der Waals surface area contributed by atoms with Crippen LogP contribution in [0.4, 0.5) is 0 Å². The van der Waals surface area contributed by atoms with E-state index in [-0.39, 0.29) is 10.9 Å². The minimum Gasteiger partial charge on any atom is -0.492 e. The molecule has 1 saturated carbocycles. The van der Waals surface area contributed by atoms with Gasteiger partial charge >= 0.3 is 0 Å². The summed E-state index contributed by atoms with van der Waals surface area (Å²) >= 11 is 6.00. The standard InChI is InChI=1S/C15H22ClNO3S/c1-3-20-15-10-12(8-9-13(15)16)21(18,19)17-14-7-5-4-6-11(14)2/h8-11,14,17H,3-7H2,1-2H3/t11-,14+/m1/s1. The van der Waals surface area contributed by atoms with Crippen molar-refractivity contribution in [3.8, 4) is 5.75 Å². The lowest BCUT2D eigenvalue weighted by molar-refractivity contribution is 0.310. The number of sulfonamides is 1. The largest absolute Gasteiger partial charge is 0.492 e. The monoisotopic (exact) mass is 331 g/mol. The summed E-state index contributed by atoms with van der Waals surface area (Å²) in [5, 5.41) is 0.418. The van der Waals surface area contributed by atoms with Gasteiger partial charge in [0.2, 0.25) is 10.0 Å². The van der Waals surface area contributed by atoms with Gasteiger partial charge in [0.25, 0.3) is 0 Å². The van der Waals surface area contributed by atoms with Gasteiger partial charge in [-0.1, -0.05) is 31.4 Å². The molecule has 0 amide bonds. The van der Waals surface area contributed by atoms with E-state index in [2.05, 4.69) is 11.6 Å². The fourth-order valence-corrected chi connectivity index (χ4v) is 4.24. The van der Waals surface area contributed by atoms with Crippen molar-refractivity contribution in [1.29, 1.82) is 0 Å². The molecule has 1 aromatic carbocycles. The molecule has 0 aromatic heterocycles. The Morgan fingerprint density at radius 2 is 2.05 bits per heavy atom. The van der Waals surface area contributed by atoms with Crippen LogP contribution < -0.4 is 9.46 Å². The molecule has 0 spiro atoms. The van der Waals surface area contributed by atoms with E-state index >= 15 is 0 Å². The van der Waals surface area contributed by atoms with Crippen molar-refractivity contribution in [2.75, 3.05) is 6.61 Å². The van der Waals surface area contributed by atoms with Crippen molar-refractivity contribution in [2.45, 2.75) is 50.5 Å². The third-order valence-electron chi connectivity index (χ3n) is 3.93. The van der Waals surface area contributed by atoms with E-state index in [0.717, 1.165) is 19.3 Å². The molecule has 2 rings (SSSR count). The molecule has 1 aromatic rings. The Bertz CT molecular complexity index is 589. The highest BCUT2D eigenvalue weighted by Gasteiger charge is 2.27. The molecule has 0 saturated heterocycles. The van der Waals surface area contributed by atoms with Crippen LogP contribution in [0.1, 0.15) is 39.5 Å². The second-order valence-electron chi connectivity index (χ2n) is 5.51. The van der Waals surface area contributed by atoms with Crippen LogP contribution in [-0.2, 0) is 10.0 Å². The third kappa shape index (κ3) is 4.11. The quantitative estimate of drug-likeness (QED) is 0.897. The van der Waals surface area contributed by atoms with Crippen molar-refractivity contribution >= 4 is 21.6 Å². The lowest BCUT2D eigenvalue weighted by Gasteiger charge is -2.29. The maximum atomic E-state index is 12.5. The highest BCUT2D eigenvalue weighted by molar-refractivity contribution is 7.89. The van der Waals surface area contributed by atoms with Crippen molar-refractivity contribution in [3.05, 3.63) is 23.2 Å². The SMILES string of the molecule is CCOc1cc(S(=O)(=O)N[C@H]2CCCC[C@H]2C)ccc1Cl. The van der Waals surface area contributed by atoms with Crippen LogP contribution in [0.15, 0.2) is 23.1 Å². The molecular formula is C15H22ClNO3S. The highest BCUT2D eigenvalue weighted by atomic mass is 35.5. The Hall–Kier alpha value is -0.780. The van der Waals surface area contributed by atoms with Gasteiger partial charge in [0.15, 0.2) is 0 Å². The van der Waals surface area contributed by atoms with Gasteiger partial charge in [0, 0.05) is 12.1 Å². The molecule has 0 unspecified atom stereocenters. The summed E-state index contributed by atoms with van der Waals surface area (Å²) in [4.78, 5) is 0.202. The summed E-state index contributed by atoms with van der Waals surface area (Å²) in [7, 11) is -3.54. The van der Waals surface area contributed by atoms with E-state index in [9.17, 15) is 8.42 Å². The fraction of sp³-hybridized carbons (Fsp3) is 0.600. The van der Waals surface area contributed by atoms with Crippen LogP contribution >= 0.6 is 11.6 Å². The molecule has 1 aliphatic rings. The van der Waals surface area contributed by atoms with Gasteiger partial charge in [0.05, 0.1) is 16.5 Å². The third-order valence-corrected chi connectivity index (χ3v) is 5.73. The first-order valence-electron chi connectivity index (χ1n) is 7.38. The normalized spacial score (nSPS) is 23.0. The molecule has 6 heteroatoms. The lowest BCUT2D eigenvalue weighted by Crippen LogP contribution is -2.40. The van der Waals surface area contributed by atoms with Crippen LogP contribution in [0.5, 0.6) is 5.75 Å². The second-order valence-corrected chi connectivity index (χ2v) is 7.64. The first-order valence-corrected chi connectivity index (χ1v) is 9.25. The molecule has 1 N–H and O–H groups in total. The van der Waals surface area contributed by atoms with Crippen molar-refractivity contribution in [2.24, 2.45) is 5.92 Å². The molecule has 4 nitrogen and oxygen atoms in total. The van der Waals surface area contributed by atoms with Crippen molar-refractivity contribution in [3.63, 3.8) is 0 Å². The molecule has 21 heavy (non-hydrogen) atoms. The minimum atomic E-state index is -3.54. The molecule has 2 atom stereocenters. The Labute approximate surface area is 131 Å². The fourth-order valence-electron chi connectivity index (χ4n) is 2.68. The summed E-state index contributed by atoms with van der Waals surface area (Å²) in [6.45, 7) is 4.37. The van der Waals surface area contributed by atoms with E-state index in [1.165, 1.54) is 18.6 Å². The zero-order chi connectivity index (χ0) is 15.5. The summed E-state index contributed by atoms with van der Waals surface area (Å²) in [5.74, 6) is 0.769. The number of nitrogens with one attached hydrogen (secondary N) is 1. The van der Waals surface area contributed by atoms with E-state index in [1.54, 1.807) is 6.07 Å². The predicted octanol–water partition coefficient (Wildman–Crippen LogP) is 3.60.